The number of benzene rings is 1. The number of piperidine rings is 1. The minimum Gasteiger partial charge on any atom is -0.355 e. The number of amides is 1. The highest BCUT2D eigenvalue weighted by molar-refractivity contribution is 7.98. The Bertz CT molecular complexity index is 708. The summed E-state index contributed by atoms with van der Waals surface area (Å²) in [6.45, 7) is 1.65. The molecule has 0 saturated carbocycles. The molecule has 5 nitrogen and oxygen atoms in total. The van der Waals surface area contributed by atoms with Crippen molar-refractivity contribution in [3.8, 4) is 0 Å². The molecule has 1 aliphatic heterocycles. The van der Waals surface area contributed by atoms with E-state index in [0.29, 0.717) is 0 Å². The zero-order chi connectivity index (χ0) is 17.6. The molecule has 1 amide bonds. The molecule has 1 atom stereocenters. The second-order valence-electron chi connectivity index (χ2n) is 6.51. The van der Waals surface area contributed by atoms with Crippen molar-refractivity contribution in [2.75, 3.05) is 32.1 Å². The van der Waals surface area contributed by atoms with Gasteiger partial charge in [-0.1, -0.05) is 30.3 Å². The first-order chi connectivity index (χ1) is 12.1. The van der Waals surface area contributed by atoms with Gasteiger partial charge in [0.1, 0.15) is 10.8 Å². The molecule has 2 aromatic rings. The van der Waals surface area contributed by atoms with Crippen molar-refractivity contribution in [3.63, 3.8) is 0 Å². The van der Waals surface area contributed by atoms with Crippen LogP contribution in [0.3, 0.4) is 0 Å². The number of nitrogens with zero attached hydrogens (tertiary/aromatic N) is 4. The third kappa shape index (κ3) is 4.72. The SMILES string of the molecule is CN(C)C(=O)C1CCCN(c2cncc(SCc3ccccc3)n2)C1. The van der Waals surface area contributed by atoms with Crippen LogP contribution in [0.1, 0.15) is 18.4 Å². The first-order valence-electron chi connectivity index (χ1n) is 8.58. The van der Waals surface area contributed by atoms with Crippen molar-refractivity contribution in [2.45, 2.75) is 23.6 Å². The standard InChI is InChI=1S/C19H24N4OS/c1-22(2)19(24)16-9-6-10-23(13-16)17-11-20-12-18(21-17)25-14-15-7-4-3-5-8-15/h3-5,7-8,11-12,16H,6,9-10,13-14H2,1-2H3. The van der Waals surface area contributed by atoms with Gasteiger partial charge in [0.25, 0.3) is 0 Å². The van der Waals surface area contributed by atoms with Gasteiger partial charge < -0.3 is 9.80 Å². The van der Waals surface area contributed by atoms with Gasteiger partial charge >= 0.3 is 0 Å². The molecule has 0 bridgehead atoms. The molecule has 1 aromatic carbocycles. The van der Waals surface area contributed by atoms with Crippen LogP contribution < -0.4 is 4.90 Å². The van der Waals surface area contributed by atoms with Gasteiger partial charge in [-0.05, 0) is 18.4 Å². The van der Waals surface area contributed by atoms with Crippen LogP contribution in [0.4, 0.5) is 5.82 Å². The number of hydrogen-bond donors (Lipinski definition) is 0. The minimum atomic E-state index is 0.0474. The molecule has 0 N–H and O–H groups in total. The lowest BCUT2D eigenvalue weighted by molar-refractivity contribution is -0.133. The second-order valence-corrected chi connectivity index (χ2v) is 7.50. The molecule has 25 heavy (non-hydrogen) atoms. The Morgan fingerprint density at radius 3 is 2.84 bits per heavy atom. The zero-order valence-corrected chi connectivity index (χ0v) is 15.6. The molecule has 6 heteroatoms. The Hall–Kier alpha value is -2.08. The molecule has 1 aromatic heterocycles. The van der Waals surface area contributed by atoms with Crippen LogP contribution >= 0.6 is 11.8 Å². The maximum absolute atomic E-state index is 12.3. The zero-order valence-electron chi connectivity index (χ0n) is 14.8. The fourth-order valence-corrected chi connectivity index (χ4v) is 3.84. The third-order valence-electron chi connectivity index (χ3n) is 4.36. The van der Waals surface area contributed by atoms with Crippen molar-refractivity contribution in [1.29, 1.82) is 0 Å². The molecule has 1 aliphatic rings. The van der Waals surface area contributed by atoms with Gasteiger partial charge in [0.15, 0.2) is 0 Å². The Labute approximate surface area is 153 Å². The summed E-state index contributed by atoms with van der Waals surface area (Å²) in [5.74, 6) is 1.99. The number of thioether (sulfide) groups is 1. The third-order valence-corrected chi connectivity index (χ3v) is 5.33. The van der Waals surface area contributed by atoms with E-state index in [4.69, 9.17) is 4.98 Å². The summed E-state index contributed by atoms with van der Waals surface area (Å²) in [6, 6.07) is 10.4. The Morgan fingerprint density at radius 2 is 2.08 bits per heavy atom. The van der Waals surface area contributed by atoms with Crippen molar-refractivity contribution >= 4 is 23.5 Å². The smallest absolute Gasteiger partial charge is 0.226 e. The summed E-state index contributed by atoms with van der Waals surface area (Å²) < 4.78 is 0. The number of aromatic nitrogens is 2. The average molecular weight is 356 g/mol. The van der Waals surface area contributed by atoms with E-state index in [1.807, 2.05) is 38.5 Å². The molecule has 2 heterocycles. The summed E-state index contributed by atoms with van der Waals surface area (Å²) in [6.07, 6.45) is 5.56. The van der Waals surface area contributed by atoms with Crippen molar-refractivity contribution in [2.24, 2.45) is 5.92 Å². The number of anilines is 1. The molecule has 1 saturated heterocycles. The van der Waals surface area contributed by atoms with Crippen LogP contribution in [-0.4, -0.2) is 48.0 Å². The van der Waals surface area contributed by atoms with Crippen LogP contribution in [0.25, 0.3) is 0 Å². The Morgan fingerprint density at radius 1 is 1.28 bits per heavy atom. The molecule has 3 rings (SSSR count). The van der Waals surface area contributed by atoms with E-state index in [0.717, 1.165) is 42.5 Å². The van der Waals surface area contributed by atoms with E-state index < -0.39 is 0 Å². The molecule has 1 fully saturated rings. The summed E-state index contributed by atoms with van der Waals surface area (Å²) >= 11 is 1.69. The fourth-order valence-electron chi connectivity index (χ4n) is 3.04. The van der Waals surface area contributed by atoms with E-state index in [2.05, 4.69) is 22.0 Å². The summed E-state index contributed by atoms with van der Waals surface area (Å²) in [4.78, 5) is 25.2. The molecular weight excluding hydrogens is 332 g/mol. The van der Waals surface area contributed by atoms with Crippen LogP contribution in [-0.2, 0) is 10.5 Å². The normalized spacial score (nSPS) is 17.4. The van der Waals surface area contributed by atoms with E-state index in [1.54, 1.807) is 22.9 Å². The monoisotopic (exact) mass is 356 g/mol. The lowest BCUT2D eigenvalue weighted by atomic mass is 9.97. The second kappa shape index (κ2) is 8.34. The van der Waals surface area contributed by atoms with Gasteiger partial charge in [-0.3, -0.25) is 9.78 Å². The number of carbonyl (C=O) groups excluding carboxylic acids is 1. The van der Waals surface area contributed by atoms with Gasteiger partial charge in [0, 0.05) is 32.9 Å². The summed E-state index contributed by atoms with van der Waals surface area (Å²) in [5.41, 5.74) is 1.27. The summed E-state index contributed by atoms with van der Waals surface area (Å²) in [5, 5.41) is 0.919. The van der Waals surface area contributed by atoms with E-state index in [9.17, 15) is 4.79 Å². The summed E-state index contributed by atoms with van der Waals surface area (Å²) in [7, 11) is 3.64. The fraction of sp³-hybridized carbons (Fsp3) is 0.421. The molecule has 0 radical (unpaired) electrons. The van der Waals surface area contributed by atoms with E-state index in [1.165, 1.54) is 5.56 Å². The van der Waals surface area contributed by atoms with Gasteiger partial charge in [-0.2, -0.15) is 0 Å². The van der Waals surface area contributed by atoms with Crippen LogP contribution in [0, 0.1) is 5.92 Å². The number of carbonyl (C=O) groups is 1. The number of rotatable bonds is 5. The average Bonchev–Trinajstić information content (AvgIpc) is 2.67. The molecule has 0 aliphatic carbocycles. The van der Waals surface area contributed by atoms with Gasteiger partial charge in [0.05, 0.1) is 18.3 Å². The highest BCUT2D eigenvalue weighted by Gasteiger charge is 2.27. The lowest BCUT2D eigenvalue weighted by Crippen LogP contribution is -2.43. The molecule has 132 valence electrons. The molecule has 1 unspecified atom stereocenters. The largest absolute Gasteiger partial charge is 0.355 e. The van der Waals surface area contributed by atoms with Crippen molar-refractivity contribution in [3.05, 3.63) is 48.3 Å². The highest BCUT2D eigenvalue weighted by atomic mass is 32.2. The Balaban J connectivity index is 1.65. The van der Waals surface area contributed by atoms with Gasteiger partial charge in [0.2, 0.25) is 5.91 Å². The lowest BCUT2D eigenvalue weighted by Gasteiger charge is -2.33. The first kappa shape index (κ1) is 17.7. The van der Waals surface area contributed by atoms with Crippen molar-refractivity contribution < 1.29 is 4.79 Å². The van der Waals surface area contributed by atoms with Crippen LogP contribution in [0.15, 0.2) is 47.8 Å². The van der Waals surface area contributed by atoms with Crippen LogP contribution in [0.2, 0.25) is 0 Å². The van der Waals surface area contributed by atoms with Crippen LogP contribution in [0.5, 0.6) is 0 Å². The topological polar surface area (TPSA) is 49.3 Å². The van der Waals surface area contributed by atoms with E-state index >= 15 is 0 Å². The highest BCUT2D eigenvalue weighted by Crippen LogP contribution is 2.25. The van der Waals surface area contributed by atoms with Gasteiger partial charge in [-0.15, -0.1) is 11.8 Å². The predicted octanol–water partition coefficient (Wildman–Crippen LogP) is 3.07. The molecule has 0 spiro atoms. The van der Waals surface area contributed by atoms with Crippen molar-refractivity contribution in [1.82, 2.24) is 14.9 Å². The van der Waals surface area contributed by atoms with E-state index in [-0.39, 0.29) is 11.8 Å². The quantitative estimate of drug-likeness (QED) is 0.771. The van der Waals surface area contributed by atoms with Gasteiger partial charge in [-0.25, -0.2) is 4.98 Å². The number of hydrogen-bond acceptors (Lipinski definition) is 5. The Kier molecular flexibility index (Phi) is 5.91. The minimum absolute atomic E-state index is 0.0474. The maximum Gasteiger partial charge on any atom is 0.226 e. The first-order valence-corrected chi connectivity index (χ1v) is 9.57. The molecular formula is C19H24N4OS. The maximum atomic E-state index is 12.3. The predicted molar refractivity (Wildman–Crippen MR) is 102 cm³/mol.